The van der Waals surface area contributed by atoms with Gasteiger partial charge in [-0.1, -0.05) is 0 Å². The first kappa shape index (κ1) is 22.4. The molecule has 2 aliphatic heterocycles. The standard InChI is InChI=1S/C22H20F4N6O2/c23-16-11-29-12-21(16)3-7-32(8-4-21)19-17-14(30-18(31-19)13-1-5-27-6-2-13)9-28-10-15(17)34-20(33)22(24,25)26/h1-2,5-6,9-10,16,29H,3-4,7-8,11-12H2/t16-/m0/s1. The van der Waals surface area contributed by atoms with E-state index in [0.29, 0.717) is 56.2 Å². The van der Waals surface area contributed by atoms with Crippen LogP contribution in [0.2, 0.25) is 0 Å². The van der Waals surface area contributed by atoms with Gasteiger partial charge in [-0.15, -0.1) is 0 Å². The van der Waals surface area contributed by atoms with Crippen molar-refractivity contribution in [3.63, 3.8) is 0 Å². The van der Waals surface area contributed by atoms with Crippen molar-refractivity contribution in [2.24, 2.45) is 5.41 Å². The van der Waals surface area contributed by atoms with E-state index in [1.807, 2.05) is 4.90 Å². The molecule has 5 heterocycles. The van der Waals surface area contributed by atoms with E-state index in [4.69, 9.17) is 0 Å². The molecule has 0 aromatic carbocycles. The summed E-state index contributed by atoms with van der Waals surface area (Å²) < 4.78 is 57.9. The summed E-state index contributed by atoms with van der Waals surface area (Å²) in [6.45, 7) is 1.75. The molecular weight excluding hydrogens is 456 g/mol. The molecule has 0 unspecified atom stereocenters. The van der Waals surface area contributed by atoms with Crippen LogP contribution in [0.25, 0.3) is 22.3 Å². The number of carbonyl (C=O) groups excluding carboxylic acids is 1. The number of aromatic nitrogens is 4. The number of anilines is 1. The van der Waals surface area contributed by atoms with Crippen LogP contribution >= 0.6 is 0 Å². The van der Waals surface area contributed by atoms with Gasteiger partial charge in [0, 0.05) is 49.6 Å². The van der Waals surface area contributed by atoms with Crippen molar-refractivity contribution in [1.82, 2.24) is 25.3 Å². The van der Waals surface area contributed by atoms with E-state index in [9.17, 15) is 22.4 Å². The highest BCUT2D eigenvalue weighted by Crippen LogP contribution is 2.42. The fraction of sp³-hybridized carbons (Fsp3) is 0.409. The van der Waals surface area contributed by atoms with Gasteiger partial charge in [0.15, 0.2) is 11.6 Å². The molecule has 1 atom stereocenters. The van der Waals surface area contributed by atoms with Gasteiger partial charge in [-0.3, -0.25) is 9.97 Å². The fourth-order valence-electron chi connectivity index (χ4n) is 4.56. The monoisotopic (exact) mass is 476 g/mol. The molecule has 0 aliphatic carbocycles. The van der Waals surface area contributed by atoms with Crippen molar-refractivity contribution in [2.75, 3.05) is 31.1 Å². The summed E-state index contributed by atoms with van der Waals surface area (Å²) in [7, 11) is 0. The average Bonchev–Trinajstić information content (AvgIpc) is 3.18. The molecule has 3 aromatic heterocycles. The Morgan fingerprint density at radius 1 is 1.12 bits per heavy atom. The number of hydrogen-bond donors (Lipinski definition) is 1. The van der Waals surface area contributed by atoms with Crippen LogP contribution in [0.1, 0.15) is 12.8 Å². The molecule has 0 amide bonds. The lowest BCUT2D eigenvalue weighted by molar-refractivity contribution is -0.189. The van der Waals surface area contributed by atoms with Gasteiger partial charge in [0.1, 0.15) is 12.0 Å². The molecule has 2 fully saturated rings. The molecule has 5 rings (SSSR count). The zero-order valence-corrected chi connectivity index (χ0v) is 17.8. The van der Waals surface area contributed by atoms with E-state index >= 15 is 0 Å². The Labute approximate surface area is 191 Å². The number of halogens is 4. The summed E-state index contributed by atoms with van der Waals surface area (Å²) in [5, 5.41) is 3.24. The van der Waals surface area contributed by atoms with E-state index in [2.05, 4.69) is 30.0 Å². The normalized spacial score (nSPS) is 20.1. The number of carbonyl (C=O) groups is 1. The van der Waals surface area contributed by atoms with E-state index in [0.717, 1.165) is 6.20 Å². The van der Waals surface area contributed by atoms with Gasteiger partial charge >= 0.3 is 12.1 Å². The van der Waals surface area contributed by atoms with Crippen molar-refractivity contribution >= 4 is 22.7 Å². The highest BCUT2D eigenvalue weighted by Gasteiger charge is 2.46. The second kappa shape index (κ2) is 8.42. The van der Waals surface area contributed by atoms with Gasteiger partial charge in [-0.2, -0.15) is 13.2 Å². The largest absolute Gasteiger partial charge is 0.491 e. The molecule has 0 radical (unpaired) electrons. The van der Waals surface area contributed by atoms with Gasteiger partial charge in [-0.25, -0.2) is 19.2 Å². The molecule has 3 aromatic rings. The summed E-state index contributed by atoms with van der Waals surface area (Å²) in [6, 6.07) is 3.41. The van der Waals surface area contributed by atoms with Crippen molar-refractivity contribution in [2.45, 2.75) is 25.2 Å². The van der Waals surface area contributed by atoms with Gasteiger partial charge in [0.05, 0.1) is 23.3 Å². The van der Waals surface area contributed by atoms with Crippen LogP contribution < -0.4 is 15.0 Å². The minimum absolute atomic E-state index is 0.141. The number of esters is 1. The molecule has 8 nitrogen and oxygen atoms in total. The third-order valence-electron chi connectivity index (χ3n) is 6.45. The highest BCUT2D eigenvalue weighted by molar-refractivity contribution is 5.97. The number of fused-ring (bicyclic) bond motifs is 1. The molecule has 0 bridgehead atoms. The van der Waals surface area contributed by atoms with Crippen LogP contribution in [-0.2, 0) is 4.79 Å². The number of alkyl halides is 4. The predicted octanol–water partition coefficient (Wildman–Crippen LogP) is 3.08. The van der Waals surface area contributed by atoms with E-state index in [-0.39, 0.29) is 16.7 Å². The smallest absolute Gasteiger partial charge is 0.417 e. The summed E-state index contributed by atoms with van der Waals surface area (Å²) in [4.78, 5) is 30.4. The first-order valence-electron chi connectivity index (χ1n) is 10.7. The van der Waals surface area contributed by atoms with Crippen LogP contribution in [0.4, 0.5) is 23.4 Å². The van der Waals surface area contributed by atoms with Crippen molar-refractivity contribution in [1.29, 1.82) is 0 Å². The predicted molar refractivity (Wildman–Crippen MR) is 114 cm³/mol. The number of nitrogens with zero attached hydrogens (tertiary/aromatic N) is 5. The second-order valence-electron chi connectivity index (χ2n) is 8.47. The minimum Gasteiger partial charge on any atom is -0.417 e. The zero-order valence-electron chi connectivity index (χ0n) is 17.8. The van der Waals surface area contributed by atoms with Gasteiger partial charge < -0.3 is 15.0 Å². The Balaban J connectivity index is 1.59. The lowest BCUT2D eigenvalue weighted by atomic mass is 9.76. The SMILES string of the molecule is O=C(Oc1cncc2nc(-c3ccncc3)nc(N3CCC4(CC3)CNC[C@@H]4F)c12)C(F)(F)F. The molecule has 0 saturated carbocycles. The van der Waals surface area contributed by atoms with Crippen LogP contribution in [-0.4, -0.2) is 64.4 Å². The summed E-state index contributed by atoms with van der Waals surface area (Å²) in [6.07, 6.45) is 0.498. The quantitative estimate of drug-likeness (QED) is 0.456. The fourth-order valence-corrected chi connectivity index (χ4v) is 4.56. The number of rotatable bonds is 3. The van der Waals surface area contributed by atoms with Crippen LogP contribution in [0.3, 0.4) is 0 Å². The maximum atomic E-state index is 14.6. The number of piperidine rings is 1. The van der Waals surface area contributed by atoms with Gasteiger partial charge in [-0.05, 0) is 25.0 Å². The second-order valence-corrected chi connectivity index (χ2v) is 8.47. The Bertz CT molecular complexity index is 1220. The van der Waals surface area contributed by atoms with Crippen LogP contribution in [0.15, 0.2) is 36.9 Å². The molecule has 1 spiro atoms. The first-order valence-corrected chi connectivity index (χ1v) is 10.7. The van der Waals surface area contributed by atoms with Crippen molar-refractivity contribution in [3.05, 3.63) is 36.9 Å². The third-order valence-corrected chi connectivity index (χ3v) is 6.45. The van der Waals surface area contributed by atoms with Crippen molar-refractivity contribution in [3.8, 4) is 17.1 Å². The molecule has 2 aliphatic rings. The van der Waals surface area contributed by atoms with E-state index in [1.165, 1.54) is 6.20 Å². The Hall–Kier alpha value is -3.41. The summed E-state index contributed by atoms with van der Waals surface area (Å²) in [5.41, 5.74) is 0.393. The summed E-state index contributed by atoms with van der Waals surface area (Å²) in [5.74, 6) is -2.12. The topological polar surface area (TPSA) is 93.1 Å². The Morgan fingerprint density at radius 2 is 1.85 bits per heavy atom. The molecule has 34 heavy (non-hydrogen) atoms. The number of ether oxygens (including phenoxy) is 1. The van der Waals surface area contributed by atoms with Crippen LogP contribution in [0.5, 0.6) is 5.75 Å². The lowest BCUT2D eigenvalue weighted by Gasteiger charge is -2.40. The number of pyridine rings is 2. The number of hydrogen-bond acceptors (Lipinski definition) is 8. The average molecular weight is 476 g/mol. The molecule has 178 valence electrons. The van der Waals surface area contributed by atoms with Gasteiger partial charge in [0.2, 0.25) is 0 Å². The minimum atomic E-state index is -5.18. The van der Waals surface area contributed by atoms with E-state index < -0.39 is 23.7 Å². The lowest BCUT2D eigenvalue weighted by Crippen LogP contribution is -2.45. The number of nitrogens with one attached hydrogen (secondary N) is 1. The molecule has 12 heteroatoms. The highest BCUT2D eigenvalue weighted by atomic mass is 19.4. The maximum Gasteiger partial charge on any atom is 0.491 e. The Kier molecular flexibility index (Phi) is 5.54. The molecular formula is C22H20F4N6O2. The molecule has 1 N–H and O–H groups in total. The zero-order chi connectivity index (χ0) is 23.9. The van der Waals surface area contributed by atoms with Crippen molar-refractivity contribution < 1.29 is 27.1 Å². The molecule has 2 saturated heterocycles. The van der Waals surface area contributed by atoms with E-state index in [1.54, 1.807) is 24.5 Å². The van der Waals surface area contributed by atoms with Crippen LogP contribution in [0, 0.1) is 5.41 Å². The maximum absolute atomic E-state index is 14.6. The Morgan fingerprint density at radius 3 is 2.50 bits per heavy atom. The van der Waals surface area contributed by atoms with Gasteiger partial charge in [0.25, 0.3) is 0 Å². The third kappa shape index (κ3) is 4.02. The summed E-state index contributed by atoms with van der Waals surface area (Å²) >= 11 is 0. The first-order chi connectivity index (χ1) is 16.3.